The van der Waals surface area contributed by atoms with Gasteiger partial charge in [0.25, 0.3) is 0 Å². The third-order valence-electron chi connectivity index (χ3n) is 8.32. The molecule has 0 aliphatic heterocycles. The molecule has 0 unspecified atom stereocenters. The van der Waals surface area contributed by atoms with Crippen LogP contribution >= 0.6 is 0 Å². The largest absolute Gasteiger partial charge is 0.224 e. The summed E-state index contributed by atoms with van der Waals surface area (Å²) in [6.07, 6.45) is 0. The summed E-state index contributed by atoms with van der Waals surface area (Å²) >= 11 is 0. The Labute approximate surface area is 225 Å². The lowest BCUT2D eigenvalue weighted by Crippen LogP contribution is -2.45. The van der Waals surface area contributed by atoms with E-state index in [-0.39, 0.29) is 45.0 Å². The molecule has 3 aliphatic carbocycles. The lowest BCUT2D eigenvalue weighted by molar-refractivity contribution is 0.274. The molecule has 0 heterocycles. The molecule has 4 nitrogen and oxygen atoms in total. The van der Waals surface area contributed by atoms with E-state index in [2.05, 4.69) is 24.3 Å². The van der Waals surface area contributed by atoms with E-state index >= 15 is 0 Å². The van der Waals surface area contributed by atoms with Crippen LogP contribution in [-0.2, 0) is 19.7 Å². The molecule has 2 bridgehead atoms. The highest BCUT2D eigenvalue weighted by Gasteiger charge is 2.52. The monoisotopic (exact) mass is 542 g/mol. The fourth-order valence-corrected chi connectivity index (χ4v) is 9.92. The van der Waals surface area contributed by atoms with Crippen molar-refractivity contribution in [2.24, 2.45) is 11.8 Å². The van der Waals surface area contributed by atoms with Crippen molar-refractivity contribution >= 4 is 19.7 Å². The molecule has 0 radical (unpaired) electrons. The van der Waals surface area contributed by atoms with E-state index in [1.807, 2.05) is 62.4 Å². The molecule has 0 saturated heterocycles. The Morgan fingerprint density at radius 1 is 0.474 bits per heavy atom. The maximum atomic E-state index is 13.8. The zero-order chi connectivity index (χ0) is 26.7. The minimum absolute atomic E-state index is 0.103. The Hall–Kier alpha value is -3.22. The molecule has 0 spiro atoms. The molecule has 2 atom stereocenters. The van der Waals surface area contributed by atoms with Crippen molar-refractivity contribution in [3.8, 4) is 0 Å². The van der Waals surface area contributed by atoms with Crippen molar-refractivity contribution < 1.29 is 16.8 Å². The SMILES string of the molecule is Cc1ccc(S(=O)(=O)C[C@@H]2C3c4ccccc4C(c4ccccc43)[C@@H]2CS(=O)(=O)c2ccc(C)cc2)cc1. The lowest BCUT2D eigenvalue weighted by Gasteiger charge is -2.50. The number of rotatable bonds is 6. The van der Waals surface area contributed by atoms with Gasteiger partial charge in [-0.1, -0.05) is 83.9 Å². The summed E-state index contributed by atoms with van der Waals surface area (Å²) in [7, 11) is -7.32. The molecule has 0 N–H and O–H groups in total. The molecule has 0 aromatic heterocycles. The number of hydrogen-bond donors (Lipinski definition) is 0. The number of sulfone groups is 2. The van der Waals surface area contributed by atoms with Crippen LogP contribution in [0.3, 0.4) is 0 Å². The quantitative estimate of drug-likeness (QED) is 0.296. The van der Waals surface area contributed by atoms with Gasteiger partial charge >= 0.3 is 0 Å². The zero-order valence-corrected chi connectivity index (χ0v) is 23.0. The molecule has 4 aromatic carbocycles. The fourth-order valence-electron chi connectivity index (χ4n) is 6.54. The van der Waals surface area contributed by atoms with Gasteiger partial charge in [0.1, 0.15) is 0 Å². The summed E-state index contributed by atoms with van der Waals surface area (Å²) in [6, 6.07) is 30.2. The minimum atomic E-state index is -3.66. The van der Waals surface area contributed by atoms with Crippen LogP contribution in [0.4, 0.5) is 0 Å². The van der Waals surface area contributed by atoms with Gasteiger partial charge in [0, 0.05) is 11.8 Å². The van der Waals surface area contributed by atoms with Crippen LogP contribution in [0.1, 0.15) is 45.2 Å². The van der Waals surface area contributed by atoms with E-state index in [9.17, 15) is 16.8 Å². The second-order valence-electron chi connectivity index (χ2n) is 10.7. The van der Waals surface area contributed by atoms with Crippen molar-refractivity contribution in [3.05, 3.63) is 130 Å². The summed E-state index contributed by atoms with van der Waals surface area (Å²) in [6.45, 7) is 3.85. The van der Waals surface area contributed by atoms with Gasteiger partial charge in [0.05, 0.1) is 21.3 Å². The standard InChI is InChI=1S/C32H30O4S2/c1-21-11-15-23(16-12-21)37(33,34)19-29-30(20-38(35,36)24-17-13-22(2)14-18-24)32-27-9-5-3-7-25(27)31(29)26-8-4-6-10-28(26)32/h3-18,29-32H,19-20H2,1-2H3/t29-,30+,31?,32?. The maximum absolute atomic E-state index is 13.8. The van der Waals surface area contributed by atoms with E-state index < -0.39 is 19.7 Å². The number of fused-ring (bicyclic) bond motifs is 1. The predicted molar refractivity (Wildman–Crippen MR) is 150 cm³/mol. The molecule has 0 saturated carbocycles. The Bertz CT molecular complexity index is 1540. The summed E-state index contributed by atoms with van der Waals surface area (Å²) in [5.74, 6) is -1.34. The number of benzene rings is 4. The molecule has 0 amide bonds. The van der Waals surface area contributed by atoms with Crippen LogP contribution in [0.2, 0.25) is 0 Å². The molecule has 4 aromatic rings. The first-order valence-electron chi connectivity index (χ1n) is 12.9. The first-order valence-corrected chi connectivity index (χ1v) is 16.2. The average molecular weight is 543 g/mol. The topological polar surface area (TPSA) is 68.3 Å². The Balaban J connectivity index is 1.50. The third-order valence-corrected chi connectivity index (χ3v) is 12.0. The number of aryl methyl sites for hydroxylation is 2. The maximum Gasteiger partial charge on any atom is 0.178 e. The lowest BCUT2D eigenvalue weighted by atomic mass is 9.55. The normalized spacial score (nSPS) is 22.1. The summed E-state index contributed by atoms with van der Waals surface area (Å²) in [4.78, 5) is 0.567. The fraction of sp³-hybridized carbons (Fsp3) is 0.250. The predicted octanol–water partition coefficient (Wildman–Crippen LogP) is 6.07. The van der Waals surface area contributed by atoms with Gasteiger partial charge in [-0.15, -0.1) is 0 Å². The first kappa shape index (κ1) is 25.1. The van der Waals surface area contributed by atoms with Crippen molar-refractivity contribution in [1.82, 2.24) is 0 Å². The average Bonchev–Trinajstić information content (AvgIpc) is 2.90. The second-order valence-corrected chi connectivity index (χ2v) is 14.8. The molecular formula is C32H30O4S2. The van der Waals surface area contributed by atoms with E-state index in [0.717, 1.165) is 33.4 Å². The van der Waals surface area contributed by atoms with E-state index in [0.29, 0.717) is 0 Å². The van der Waals surface area contributed by atoms with Crippen LogP contribution in [0.25, 0.3) is 0 Å². The number of hydrogen-bond acceptors (Lipinski definition) is 4. The third kappa shape index (κ3) is 4.20. The minimum Gasteiger partial charge on any atom is -0.224 e. The Kier molecular flexibility index (Phi) is 6.08. The summed E-state index contributed by atoms with van der Waals surface area (Å²) in [5, 5.41) is 0. The van der Waals surface area contributed by atoms with Gasteiger partial charge in [0.15, 0.2) is 19.7 Å². The van der Waals surface area contributed by atoms with Gasteiger partial charge in [-0.3, -0.25) is 0 Å². The van der Waals surface area contributed by atoms with E-state index in [1.54, 1.807) is 24.3 Å². The van der Waals surface area contributed by atoms with Crippen LogP contribution in [0.5, 0.6) is 0 Å². The molecule has 0 fully saturated rings. The van der Waals surface area contributed by atoms with Gasteiger partial charge < -0.3 is 0 Å². The molecule has 6 heteroatoms. The highest BCUT2D eigenvalue weighted by molar-refractivity contribution is 7.91. The summed E-state index contributed by atoms with van der Waals surface area (Å²) in [5.41, 5.74) is 6.44. The van der Waals surface area contributed by atoms with Crippen molar-refractivity contribution in [1.29, 1.82) is 0 Å². The van der Waals surface area contributed by atoms with E-state index in [1.165, 1.54) is 0 Å². The summed E-state index contributed by atoms with van der Waals surface area (Å²) < 4.78 is 55.1. The molecular weight excluding hydrogens is 512 g/mol. The van der Waals surface area contributed by atoms with Gasteiger partial charge in [-0.2, -0.15) is 0 Å². The van der Waals surface area contributed by atoms with Crippen LogP contribution in [-0.4, -0.2) is 28.3 Å². The second kappa shape index (κ2) is 9.21. The van der Waals surface area contributed by atoms with Crippen LogP contribution in [0, 0.1) is 25.7 Å². The molecule has 7 rings (SSSR count). The van der Waals surface area contributed by atoms with Gasteiger partial charge in [0.2, 0.25) is 0 Å². The van der Waals surface area contributed by atoms with Gasteiger partial charge in [-0.05, 0) is 72.2 Å². The van der Waals surface area contributed by atoms with Crippen LogP contribution < -0.4 is 0 Å². The smallest absolute Gasteiger partial charge is 0.178 e. The first-order chi connectivity index (χ1) is 18.2. The van der Waals surface area contributed by atoms with Crippen molar-refractivity contribution in [2.75, 3.05) is 11.5 Å². The Morgan fingerprint density at radius 2 is 0.763 bits per heavy atom. The molecule has 194 valence electrons. The van der Waals surface area contributed by atoms with E-state index in [4.69, 9.17) is 0 Å². The molecule has 3 aliphatic rings. The highest BCUT2D eigenvalue weighted by atomic mass is 32.2. The Morgan fingerprint density at radius 3 is 1.05 bits per heavy atom. The van der Waals surface area contributed by atoms with Gasteiger partial charge in [-0.25, -0.2) is 16.8 Å². The van der Waals surface area contributed by atoms with Crippen molar-refractivity contribution in [3.63, 3.8) is 0 Å². The molecule has 38 heavy (non-hydrogen) atoms. The zero-order valence-electron chi connectivity index (χ0n) is 21.4. The van der Waals surface area contributed by atoms with Crippen LogP contribution in [0.15, 0.2) is 107 Å². The van der Waals surface area contributed by atoms with Crippen molar-refractivity contribution in [2.45, 2.75) is 35.5 Å². The highest BCUT2D eigenvalue weighted by Crippen LogP contribution is 2.59.